The molecule has 1 aliphatic heterocycles. The van der Waals surface area contributed by atoms with E-state index in [0.29, 0.717) is 26.2 Å². The highest BCUT2D eigenvalue weighted by molar-refractivity contribution is 6.31. The van der Waals surface area contributed by atoms with Crippen molar-refractivity contribution >= 4 is 34.2 Å². The van der Waals surface area contributed by atoms with Gasteiger partial charge in [0.15, 0.2) is 0 Å². The number of fused-ring (bicyclic) bond motifs is 1. The first-order valence-corrected chi connectivity index (χ1v) is 12.8. The second-order valence-electron chi connectivity index (χ2n) is 9.03. The van der Waals surface area contributed by atoms with Crippen LogP contribution in [0, 0.1) is 6.92 Å². The molecule has 1 aromatic heterocycles. The third-order valence-electron chi connectivity index (χ3n) is 6.55. The number of carbonyl (C=O) groups excluding carboxylic acids is 1. The first-order chi connectivity index (χ1) is 17.5. The lowest BCUT2D eigenvalue weighted by Crippen LogP contribution is -2.25. The maximum atomic E-state index is 13.1. The normalized spacial score (nSPS) is 15.6. The van der Waals surface area contributed by atoms with Gasteiger partial charge in [-0.05, 0) is 68.3 Å². The van der Waals surface area contributed by atoms with Crippen molar-refractivity contribution in [1.29, 1.82) is 0 Å². The van der Waals surface area contributed by atoms with E-state index in [2.05, 4.69) is 10.6 Å². The summed E-state index contributed by atoms with van der Waals surface area (Å²) >= 11 is 6.13. The topological polar surface area (TPSA) is 56.6 Å². The number of amides is 1. The van der Waals surface area contributed by atoms with Gasteiger partial charge in [0.25, 0.3) is 0 Å². The number of hydrogen-bond acceptors (Lipinski definition) is 4. The molecule has 36 heavy (non-hydrogen) atoms. The Morgan fingerprint density at radius 3 is 2.69 bits per heavy atom. The van der Waals surface area contributed by atoms with E-state index >= 15 is 0 Å². The van der Waals surface area contributed by atoms with Gasteiger partial charge in [0, 0.05) is 30.5 Å². The van der Waals surface area contributed by atoms with E-state index in [1.807, 2.05) is 79.4 Å². The van der Waals surface area contributed by atoms with Gasteiger partial charge in [-0.1, -0.05) is 35.9 Å². The SMILES string of the molecule is CCOc1ccccc1N1CC(c2nc3ccccc3n2CCCOc2ccc(Cl)c(C)c2)CC1=O. The van der Waals surface area contributed by atoms with Crippen LogP contribution in [0.5, 0.6) is 11.5 Å². The summed E-state index contributed by atoms with van der Waals surface area (Å²) in [6.07, 6.45) is 1.23. The Kier molecular flexibility index (Phi) is 7.14. The van der Waals surface area contributed by atoms with Crippen LogP contribution in [-0.2, 0) is 11.3 Å². The Labute approximate surface area is 216 Å². The van der Waals surface area contributed by atoms with E-state index in [0.717, 1.165) is 57.6 Å². The van der Waals surface area contributed by atoms with Crippen molar-refractivity contribution < 1.29 is 14.3 Å². The zero-order valence-corrected chi connectivity index (χ0v) is 21.4. The summed E-state index contributed by atoms with van der Waals surface area (Å²) in [5, 5.41) is 0.737. The lowest BCUT2D eigenvalue weighted by molar-refractivity contribution is -0.117. The Balaban J connectivity index is 1.35. The van der Waals surface area contributed by atoms with E-state index in [4.69, 9.17) is 26.1 Å². The van der Waals surface area contributed by atoms with Crippen molar-refractivity contribution in [3.05, 3.63) is 83.1 Å². The summed E-state index contributed by atoms with van der Waals surface area (Å²) in [5.41, 5.74) is 3.84. The van der Waals surface area contributed by atoms with Crippen molar-refractivity contribution in [1.82, 2.24) is 9.55 Å². The van der Waals surface area contributed by atoms with Crippen LogP contribution < -0.4 is 14.4 Å². The molecule has 1 amide bonds. The van der Waals surface area contributed by atoms with Gasteiger partial charge in [-0.3, -0.25) is 4.79 Å². The molecule has 7 heteroatoms. The van der Waals surface area contributed by atoms with Gasteiger partial charge in [0.05, 0.1) is 29.9 Å². The molecule has 6 nitrogen and oxygen atoms in total. The third kappa shape index (κ3) is 4.91. The highest BCUT2D eigenvalue weighted by atomic mass is 35.5. The van der Waals surface area contributed by atoms with E-state index < -0.39 is 0 Å². The number of para-hydroxylation sites is 4. The van der Waals surface area contributed by atoms with Crippen LogP contribution >= 0.6 is 11.6 Å². The van der Waals surface area contributed by atoms with Crippen LogP contribution in [0.4, 0.5) is 5.69 Å². The summed E-state index contributed by atoms with van der Waals surface area (Å²) in [5.74, 6) is 2.59. The number of rotatable bonds is 9. The molecule has 186 valence electrons. The predicted molar refractivity (Wildman–Crippen MR) is 143 cm³/mol. The number of benzene rings is 3. The highest BCUT2D eigenvalue weighted by Gasteiger charge is 2.35. The molecule has 1 saturated heterocycles. The van der Waals surface area contributed by atoms with Gasteiger partial charge in [0.2, 0.25) is 5.91 Å². The summed E-state index contributed by atoms with van der Waals surface area (Å²) < 4.78 is 14.0. The zero-order chi connectivity index (χ0) is 25.1. The standard InChI is InChI=1S/C29H30ClN3O3/c1-3-35-27-12-7-6-11-26(27)33-19-21(18-28(33)34)29-31-24-9-4-5-10-25(24)32(29)15-8-16-36-22-13-14-23(30)20(2)17-22/h4-7,9-14,17,21H,3,8,15-16,18-19H2,1-2H3. The van der Waals surface area contributed by atoms with Gasteiger partial charge in [-0.25, -0.2) is 4.98 Å². The van der Waals surface area contributed by atoms with Gasteiger partial charge in [-0.2, -0.15) is 0 Å². The largest absolute Gasteiger partial charge is 0.494 e. The molecule has 0 aliphatic carbocycles. The number of anilines is 1. The molecule has 0 spiro atoms. The number of imidazole rings is 1. The number of nitrogens with zero attached hydrogens (tertiary/aromatic N) is 3. The maximum absolute atomic E-state index is 13.1. The van der Waals surface area contributed by atoms with E-state index in [-0.39, 0.29) is 11.8 Å². The Morgan fingerprint density at radius 1 is 1.06 bits per heavy atom. The van der Waals surface area contributed by atoms with Gasteiger partial charge in [0.1, 0.15) is 17.3 Å². The van der Waals surface area contributed by atoms with Crippen LogP contribution in [0.2, 0.25) is 5.02 Å². The zero-order valence-electron chi connectivity index (χ0n) is 20.6. The molecule has 0 radical (unpaired) electrons. The maximum Gasteiger partial charge on any atom is 0.227 e. The van der Waals surface area contributed by atoms with Crippen molar-refractivity contribution in [3.63, 3.8) is 0 Å². The van der Waals surface area contributed by atoms with E-state index in [9.17, 15) is 4.79 Å². The fraction of sp³-hybridized carbons (Fsp3) is 0.310. The van der Waals surface area contributed by atoms with E-state index in [1.54, 1.807) is 0 Å². The minimum absolute atomic E-state index is 0.000541. The van der Waals surface area contributed by atoms with Crippen molar-refractivity contribution in [2.75, 3.05) is 24.7 Å². The summed E-state index contributed by atoms with van der Waals surface area (Å²) in [6, 6.07) is 21.6. The predicted octanol–water partition coefficient (Wildman–Crippen LogP) is 6.39. The molecule has 3 aromatic carbocycles. The van der Waals surface area contributed by atoms with Gasteiger partial charge >= 0.3 is 0 Å². The number of aryl methyl sites for hydroxylation is 2. The molecule has 0 N–H and O–H groups in total. The number of carbonyl (C=O) groups is 1. The monoisotopic (exact) mass is 503 g/mol. The lowest BCUT2D eigenvalue weighted by Gasteiger charge is -2.20. The second-order valence-corrected chi connectivity index (χ2v) is 9.44. The molecular weight excluding hydrogens is 474 g/mol. The summed E-state index contributed by atoms with van der Waals surface area (Å²) in [4.78, 5) is 19.9. The molecule has 4 aromatic rings. The molecule has 2 heterocycles. The second kappa shape index (κ2) is 10.6. The first kappa shape index (κ1) is 24.2. The Hall–Kier alpha value is -3.51. The average Bonchev–Trinajstić information content (AvgIpc) is 3.45. The Morgan fingerprint density at radius 2 is 1.86 bits per heavy atom. The lowest BCUT2D eigenvalue weighted by atomic mass is 10.1. The quantitative estimate of drug-likeness (QED) is 0.248. The molecular formula is C29H30ClN3O3. The minimum atomic E-state index is -0.000541. The average molecular weight is 504 g/mol. The first-order valence-electron chi connectivity index (χ1n) is 12.4. The number of aromatic nitrogens is 2. The number of hydrogen-bond donors (Lipinski definition) is 0. The fourth-order valence-corrected chi connectivity index (χ4v) is 4.95. The third-order valence-corrected chi connectivity index (χ3v) is 6.98. The summed E-state index contributed by atoms with van der Waals surface area (Å²) in [7, 11) is 0. The molecule has 1 unspecified atom stereocenters. The summed E-state index contributed by atoms with van der Waals surface area (Å²) in [6.45, 7) is 6.37. The highest BCUT2D eigenvalue weighted by Crippen LogP contribution is 2.37. The van der Waals surface area contributed by atoms with Crippen LogP contribution in [0.3, 0.4) is 0 Å². The molecule has 5 rings (SSSR count). The fourth-order valence-electron chi connectivity index (χ4n) is 4.83. The van der Waals surface area contributed by atoms with Crippen molar-refractivity contribution in [2.24, 2.45) is 0 Å². The molecule has 0 saturated carbocycles. The van der Waals surface area contributed by atoms with Gasteiger partial charge in [-0.15, -0.1) is 0 Å². The molecule has 1 atom stereocenters. The number of halogens is 1. The smallest absolute Gasteiger partial charge is 0.227 e. The van der Waals surface area contributed by atoms with Crippen LogP contribution in [0.1, 0.15) is 37.1 Å². The van der Waals surface area contributed by atoms with Crippen LogP contribution in [0.15, 0.2) is 66.7 Å². The number of ether oxygens (including phenoxy) is 2. The van der Waals surface area contributed by atoms with Crippen LogP contribution in [-0.4, -0.2) is 35.2 Å². The molecule has 1 aliphatic rings. The minimum Gasteiger partial charge on any atom is -0.494 e. The van der Waals surface area contributed by atoms with Crippen molar-refractivity contribution in [3.8, 4) is 11.5 Å². The molecule has 1 fully saturated rings. The van der Waals surface area contributed by atoms with Crippen molar-refractivity contribution in [2.45, 2.75) is 39.2 Å². The van der Waals surface area contributed by atoms with E-state index in [1.165, 1.54) is 0 Å². The van der Waals surface area contributed by atoms with Crippen LogP contribution in [0.25, 0.3) is 11.0 Å². The molecule has 0 bridgehead atoms. The van der Waals surface area contributed by atoms with Gasteiger partial charge < -0.3 is 18.9 Å². The Bertz CT molecular complexity index is 1380.